The Kier molecular flexibility index (Phi) is 7.26. The van der Waals surface area contributed by atoms with E-state index in [0.29, 0.717) is 29.5 Å². The summed E-state index contributed by atoms with van der Waals surface area (Å²) in [6.45, 7) is 4.63. The number of nitrogens with zero attached hydrogens (tertiary/aromatic N) is 2. The first-order valence-electron chi connectivity index (χ1n) is 9.80. The number of ether oxygens (including phenoxy) is 2. The molecule has 2 aromatic carbocycles. The number of benzene rings is 2. The molecule has 0 fully saturated rings. The first-order chi connectivity index (χ1) is 15.3. The lowest BCUT2D eigenvalue weighted by Gasteiger charge is -2.11. The zero-order valence-electron chi connectivity index (χ0n) is 17.9. The van der Waals surface area contributed by atoms with Gasteiger partial charge in [0.1, 0.15) is 5.75 Å². The van der Waals surface area contributed by atoms with E-state index in [2.05, 4.69) is 20.0 Å². The van der Waals surface area contributed by atoms with Crippen molar-refractivity contribution < 1.29 is 22.7 Å². The third-order valence-corrected chi connectivity index (χ3v) is 5.55. The van der Waals surface area contributed by atoms with Gasteiger partial charge in [-0.15, -0.1) is 0 Å². The first kappa shape index (κ1) is 23.0. The molecule has 0 atom stereocenters. The summed E-state index contributed by atoms with van der Waals surface area (Å²) < 4.78 is 38.3. The second-order valence-electron chi connectivity index (χ2n) is 7.23. The van der Waals surface area contributed by atoms with Gasteiger partial charge in [-0.1, -0.05) is 19.9 Å². The van der Waals surface area contributed by atoms with Gasteiger partial charge in [0.2, 0.25) is 5.82 Å². The van der Waals surface area contributed by atoms with E-state index < -0.39 is 10.0 Å². The van der Waals surface area contributed by atoms with Gasteiger partial charge in [0.25, 0.3) is 21.8 Å². The van der Waals surface area contributed by atoms with Crippen molar-refractivity contribution in [3.63, 3.8) is 0 Å². The van der Waals surface area contributed by atoms with Gasteiger partial charge in [0, 0.05) is 23.6 Å². The summed E-state index contributed by atoms with van der Waals surface area (Å²) in [7, 11) is -2.56. The number of rotatable bonds is 9. The van der Waals surface area contributed by atoms with Crippen LogP contribution in [0.4, 0.5) is 11.5 Å². The van der Waals surface area contributed by atoms with Crippen LogP contribution in [0.5, 0.6) is 11.6 Å². The SMILES string of the molecule is COc1nccnc1NS(=O)(=O)c1ccc(NC(=O)c2cccc(OCC(C)C)c2)cc1. The van der Waals surface area contributed by atoms with Crippen LogP contribution in [0.2, 0.25) is 0 Å². The molecule has 0 aliphatic heterocycles. The molecule has 0 radical (unpaired) electrons. The van der Waals surface area contributed by atoms with Crippen molar-refractivity contribution in [1.82, 2.24) is 9.97 Å². The minimum absolute atomic E-state index is 0.00714. The Morgan fingerprint density at radius 1 is 1.06 bits per heavy atom. The van der Waals surface area contributed by atoms with Crippen molar-refractivity contribution in [2.45, 2.75) is 18.7 Å². The lowest BCUT2D eigenvalue weighted by atomic mass is 10.2. The maximum atomic E-state index is 12.6. The zero-order chi connectivity index (χ0) is 23.1. The summed E-state index contributed by atoms with van der Waals surface area (Å²) in [4.78, 5) is 20.4. The van der Waals surface area contributed by atoms with E-state index in [1.165, 1.54) is 43.8 Å². The standard InChI is InChI=1S/C22H24N4O5S/c1-15(2)14-31-18-6-4-5-16(13-18)21(27)25-17-7-9-19(10-8-17)32(28,29)26-20-22(30-3)24-12-11-23-20/h4-13,15H,14H2,1-3H3,(H,23,26)(H,25,27). The van der Waals surface area contributed by atoms with E-state index in [9.17, 15) is 13.2 Å². The van der Waals surface area contributed by atoms with Crippen LogP contribution in [0.25, 0.3) is 0 Å². The molecular weight excluding hydrogens is 432 g/mol. The molecule has 0 bridgehead atoms. The molecule has 1 aromatic heterocycles. The van der Waals surface area contributed by atoms with Crippen LogP contribution in [0.15, 0.2) is 65.8 Å². The van der Waals surface area contributed by atoms with Crippen molar-refractivity contribution in [2.75, 3.05) is 23.8 Å². The lowest BCUT2D eigenvalue weighted by molar-refractivity contribution is 0.102. The Balaban J connectivity index is 1.69. The number of methoxy groups -OCH3 is 1. The van der Waals surface area contributed by atoms with E-state index in [0.717, 1.165) is 0 Å². The number of aromatic nitrogens is 2. The van der Waals surface area contributed by atoms with Crippen molar-refractivity contribution in [1.29, 1.82) is 0 Å². The molecule has 168 valence electrons. The van der Waals surface area contributed by atoms with Gasteiger partial charge in [0.05, 0.1) is 18.6 Å². The molecule has 2 N–H and O–H groups in total. The van der Waals surface area contributed by atoms with E-state index >= 15 is 0 Å². The molecule has 0 aliphatic carbocycles. The van der Waals surface area contributed by atoms with Gasteiger partial charge in [-0.05, 0) is 48.4 Å². The fourth-order valence-corrected chi connectivity index (χ4v) is 3.65. The zero-order valence-corrected chi connectivity index (χ0v) is 18.7. The Hall–Kier alpha value is -3.66. The number of hydrogen-bond donors (Lipinski definition) is 2. The highest BCUT2D eigenvalue weighted by Gasteiger charge is 2.18. The van der Waals surface area contributed by atoms with Gasteiger partial charge in [0.15, 0.2) is 0 Å². The van der Waals surface area contributed by atoms with Crippen LogP contribution in [-0.2, 0) is 10.0 Å². The van der Waals surface area contributed by atoms with E-state index in [4.69, 9.17) is 9.47 Å². The summed E-state index contributed by atoms with van der Waals surface area (Å²) >= 11 is 0. The summed E-state index contributed by atoms with van der Waals surface area (Å²) in [5, 5.41) is 2.74. The van der Waals surface area contributed by atoms with Crippen molar-refractivity contribution in [3.05, 3.63) is 66.5 Å². The summed E-state index contributed by atoms with van der Waals surface area (Å²) in [5.41, 5.74) is 0.874. The number of sulfonamides is 1. The molecule has 3 aromatic rings. The monoisotopic (exact) mass is 456 g/mol. The number of hydrogen-bond acceptors (Lipinski definition) is 7. The van der Waals surface area contributed by atoms with Gasteiger partial charge < -0.3 is 14.8 Å². The van der Waals surface area contributed by atoms with Crippen LogP contribution < -0.4 is 19.5 Å². The molecule has 0 aliphatic rings. The summed E-state index contributed by atoms with van der Waals surface area (Å²) in [5.74, 6) is 0.676. The smallest absolute Gasteiger partial charge is 0.263 e. The second-order valence-corrected chi connectivity index (χ2v) is 8.91. The van der Waals surface area contributed by atoms with Crippen LogP contribution in [-0.4, -0.2) is 38.0 Å². The summed E-state index contributed by atoms with van der Waals surface area (Å²) in [6.07, 6.45) is 2.74. The highest BCUT2D eigenvalue weighted by atomic mass is 32.2. The Bertz CT molecular complexity index is 1180. The molecule has 0 saturated heterocycles. The van der Waals surface area contributed by atoms with Crippen LogP contribution >= 0.6 is 0 Å². The molecule has 0 spiro atoms. The molecule has 1 amide bonds. The average Bonchev–Trinajstić information content (AvgIpc) is 2.78. The maximum absolute atomic E-state index is 12.6. The van der Waals surface area contributed by atoms with Gasteiger partial charge in [-0.25, -0.2) is 18.4 Å². The summed E-state index contributed by atoms with van der Waals surface area (Å²) in [6, 6.07) is 12.6. The molecule has 32 heavy (non-hydrogen) atoms. The van der Waals surface area contributed by atoms with Gasteiger partial charge >= 0.3 is 0 Å². The number of amides is 1. The minimum Gasteiger partial charge on any atom is -0.493 e. The molecular formula is C22H24N4O5S. The fraction of sp³-hybridized carbons (Fsp3) is 0.227. The molecule has 0 saturated carbocycles. The Morgan fingerprint density at radius 3 is 2.47 bits per heavy atom. The van der Waals surface area contributed by atoms with E-state index in [1.807, 2.05) is 13.8 Å². The molecule has 3 rings (SSSR count). The number of carbonyl (C=O) groups is 1. The van der Waals surface area contributed by atoms with Crippen molar-refractivity contribution in [3.8, 4) is 11.6 Å². The van der Waals surface area contributed by atoms with Gasteiger partial charge in [-0.2, -0.15) is 0 Å². The van der Waals surface area contributed by atoms with E-state index in [-0.39, 0.29) is 22.5 Å². The van der Waals surface area contributed by atoms with Gasteiger partial charge in [-0.3, -0.25) is 9.52 Å². The Labute approximate surface area is 186 Å². The highest BCUT2D eigenvalue weighted by molar-refractivity contribution is 7.92. The minimum atomic E-state index is -3.92. The van der Waals surface area contributed by atoms with E-state index in [1.54, 1.807) is 24.3 Å². The number of anilines is 2. The first-order valence-corrected chi connectivity index (χ1v) is 11.3. The maximum Gasteiger partial charge on any atom is 0.263 e. The topological polar surface area (TPSA) is 120 Å². The van der Waals surface area contributed by atoms with Crippen LogP contribution in [0.1, 0.15) is 24.2 Å². The lowest BCUT2D eigenvalue weighted by Crippen LogP contribution is -2.15. The number of carbonyl (C=O) groups excluding carboxylic acids is 1. The quantitative estimate of drug-likeness (QED) is 0.505. The average molecular weight is 457 g/mol. The molecule has 1 heterocycles. The number of nitrogens with one attached hydrogen (secondary N) is 2. The second kappa shape index (κ2) is 10.1. The van der Waals surface area contributed by atoms with Crippen LogP contribution in [0, 0.1) is 5.92 Å². The van der Waals surface area contributed by atoms with Crippen LogP contribution in [0.3, 0.4) is 0 Å². The molecule has 10 heteroatoms. The molecule has 0 unspecified atom stereocenters. The molecule has 9 nitrogen and oxygen atoms in total. The van der Waals surface area contributed by atoms with Crippen molar-refractivity contribution in [2.24, 2.45) is 5.92 Å². The Morgan fingerprint density at radius 2 is 1.78 bits per heavy atom. The largest absolute Gasteiger partial charge is 0.493 e. The predicted octanol–water partition coefficient (Wildman–Crippen LogP) is 3.57. The third-order valence-electron chi connectivity index (χ3n) is 4.19. The third kappa shape index (κ3) is 5.94. The normalized spacial score (nSPS) is 11.1. The van der Waals surface area contributed by atoms with Crippen molar-refractivity contribution >= 4 is 27.4 Å². The fourth-order valence-electron chi connectivity index (χ4n) is 2.64. The predicted molar refractivity (Wildman–Crippen MR) is 121 cm³/mol. The highest BCUT2D eigenvalue weighted by Crippen LogP contribution is 2.22.